The maximum Gasteiger partial charge on any atom is 0.321 e. The van der Waals surface area contributed by atoms with Crippen LogP contribution >= 0.6 is 0 Å². The van der Waals surface area contributed by atoms with Gasteiger partial charge in [-0.15, -0.1) is 0 Å². The Morgan fingerprint density at radius 2 is 1.14 bits per heavy atom. The zero-order valence-corrected chi connectivity index (χ0v) is 26.1. The van der Waals surface area contributed by atoms with Crippen molar-refractivity contribution in [2.75, 3.05) is 0 Å². The quantitative estimate of drug-likeness (QED) is 0.0502. The molecule has 1 aliphatic rings. The number of rotatable bonds is 11. The molecule has 49 heavy (non-hydrogen) atoms. The van der Waals surface area contributed by atoms with Crippen molar-refractivity contribution in [3.63, 3.8) is 0 Å². The number of aliphatic hydroxyl groups excluding tert-OH is 1. The van der Waals surface area contributed by atoms with Crippen LogP contribution in [0.1, 0.15) is 39.8 Å². The standard InChI is InChI=1S/C35H34F4N6O4/c36-26-10-7-20(15-28(26)38)9-12-30-32(46)31(17-21-8-11-27(37)29(39)16-21)45(19-23-4-2-6-25(14-23)34(41)43-49)35(47)44(30)18-22-3-1-5-24(13-22)33(40)42-48/h1-8,10-11,13-16,30-32,46,48-49H,9,12,17-19H2,(H2,40,42)(H2,41,43)/t30-,31-,32-/m1/s1. The number of hydrogen-bond acceptors (Lipinski definition) is 6. The smallest absolute Gasteiger partial charge is 0.321 e. The van der Waals surface area contributed by atoms with Gasteiger partial charge in [-0.1, -0.05) is 58.8 Å². The number of carbonyl (C=O) groups is 1. The van der Waals surface area contributed by atoms with E-state index in [4.69, 9.17) is 11.5 Å². The van der Waals surface area contributed by atoms with Crippen molar-refractivity contribution in [3.05, 3.63) is 142 Å². The molecule has 1 fully saturated rings. The first-order valence-corrected chi connectivity index (χ1v) is 15.3. The van der Waals surface area contributed by atoms with Crippen molar-refractivity contribution in [2.24, 2.45) is 21.8 Å². The van der Waals surface area contributed by atoms with Gasteiger partial charge in [0.1, 0.15) is 0 Å². The first-order chi connectivity index (χ1) is 23.5. The Balaban J connectivity index is 1.56. The highest BCUT2D eigenvalue weighted by Crippen LogP contribution is 2.32. The van der Waals surface area contributed by atoms with E-state index in [9.17, 15) is 37.9 Å². The molecule has 10 nitrogen and oxygen atoms in total. The van der Waals surface area contributed by atoms with Crippen LogP contribution in [0.2, 0.25) is 0 Å². The molecule has 0 aromatic heterocycles. The van der Waals surface area contributed by atoms with Crippen LogP contribution in [0.3, 0.4) is 0 Å². The number of benzene rings is 4. The molecule has 0 saturated carbocycles. The molecule has 256 valence electrons. The van der Waals surface area contributed by atoms with Crippen LogP contribution in [0, 0.1) is 23.3 Å². The van der Waals surface area contributed by atoms with Gasteiger partial charge >= 0.3 is 6.03 Å². The number of halogens is 4. The molecular weight excluding hydrogens is 644 g/mol. The van der Waals surface area contributed by atoms with E-state index in [1.54, 1.807) is 48.5 Å². The van der Waals surface area contributed by atoms with Gasteiger partial charge in [-0.2, -0.15) is 0 Å². The van der Waals surface area contributed by atoms with Gasteiger partial charge in [0.05, 0.1) is 18.2 Å². The number of aliphatic hydroxyl groups is 1. The molecule has 7 N–H and O–H groups in total. The topological polar surface area (TPSA) is 161 Å². The molecular formula is C35H34F4N6O4. The molecule has 4 aromatic rings. The molecule has 1 aliphatic heterocycles. The molecule has 0 unspecified atom stereocenters. The summed E-state index contributed by atoms with van der Waals surface area (Å²) in [4.78, 5) is 17.5. The van der Waals surface area contributed by atoms with Crippen LogP contribution in [0.5, 0.6) is 0 Å². The van der Waals surface area contributed by atoms with Gasteiger partial charge in [-0.3, -0.25) is 0 Å². The second kappa shape index (κ2) is 15.1. The Hall–Kier alpha value is -5.63. The molecule has 1 saturated heterocycles. The molecule has 0 aliphatic carbocycles. The van der Waals surface area contributed by atoms with E-state index in [1.165, 1.54) is 21.9 Å². The number of nitrogens with zero attached hydrogens (tertiary/aromatic N) is 4. The summed E-state index contributed by atoms with van der Waals surface area (Å²) in [7, 11) is 0. The van der Waals surface area contributed by atoms with Gasteiger partial charge in [0.25, 0.3) is 0 Å². The van der Waals surface area contributed by atoms with E-state index in [0.29, 0.717) is 33.4 Å². The highest BCUT2D eigenvalue weighted by molar-refractivity contribution is 5.97. The number of oxime groups is 2. The maximum absolute atomic E-state index is 14.6. The second-order valence-corrected chi connectivity index (χ2v) is 11.8. The third-order valence-electron chi connectivity index (χ3n) is 8.59. The second-order valence-electron chi connectivity index (χ2n) is 11.8. The number of aryl methyl sites for hydroxylation is 1. The minimum Gasteiger partial charge on any atom is -0.409 e. The molecule has 2 amide bonds. The third-order valence-corrected chi connectivity index (χ3v) is 8.59. The first-order valence-electron chi connectivity index (χ1n) is 15.3. The molecule has 0 bridgehead atoms. The van der Waals surface area contributed by atoms with Crippen LogP contribution in [-0.2, 0) is 25.9 Å². The van der Waals surface area contributed by atoms with Crippen molar-refractivity contribution in [1.29, 1.82) is 0 Å². The third kappa shape index (κ3) is 7.92. The van der Waals surface area contributed by atoms with Gasteiger partial charge in [0.2, 0.25) is 0 Å². The highest BCUT2D eigenvalue weighted by atomic mass is 19.2. The minimum absolute atomic E-state index is 0.0383. The number of carbonyl (C=O) groups excluding carboxylic acids is 1. The van der Waals surface area contributed by atoms with Crippen molar-refractivity contribution < 1.29 is 37.9 Å². The summed E-state index contributed by atoms with van der Waals surface area (Å²) in [6.07, 6.45) is -1.06. The molecule has 0 spiro atoms. The predicted molar refractivity (Wildman–Crippen MR) is 173 cm³/mol. The summed E-state index contributed by atoms with van der Waals surface area (Å²) in [5, 5.41) is 36.5. The number of nitrogens with two attached hydrogens (primary N) is 2. The first kappa shape index (κ1) is 34.7. The Morgan fingerprint density at radius 3 is 1.65 bits per heavy atom. The van der Waals surface area contributed by atoms with Crippen molar-refractivity contribution in [1.82, 2.24) is 9.80 Å². The van der Waals surface area contributed by atoms with E-state index in [0.717, 1.165) is 24.3 Å². The Bertz CT molecular complexity index is 1890. The molecule has 4 aromatic carbocycles. The largest absolute Gasteiger partial charge is 0.409 e. The fraction of sp³-hybridized carbons (Fsp3) is 0.229. The molecule has 1 heterocycles. The maximum atomic E-state index is 14.6. The SMILES string of the molecule is N/C(=N/O)c1cccc(CN2C(=O)N(Cc3cccc(/C(N)=N\O)c3)[C@H](Cc3ccc(F)c(F)c3)[C@H](O)[C@H]2CCc2ccc(F)c(F)c2)c1. The van der Waals surface area contributed by atoms with E-state index in [1.807, 2.05) is 0 Å². The summed E-state index contributed by atoms with van der Waals surface area (Å²) in [5.74, 6) is -4.50. The summed E-state index contributed by atoms with van der Waals surface area (Å²) < 4.78 is 55.9. The normalized spacial score (nSPS) is 18.6. The van der Waals surface area contributed by atoms with Crippen molar-refractivity contribution >= 4 is 17.7 Å². The Labute approximate surface area is 279 Å². The van der Waals surface area contributed by atoms with Crippen LogP contribution in [0.25, 0.3) is 0 Å². The van der Waals surface area contributed by atoms with Crippen LogP contribution in [-0.4, -0.2) is 61.2 Å². The van der Waals surface area contributed by atoms with Crippen LogP contribution in [0.4, 0.5) is 22.4 Å². The molecule has 14 heteroatoms. The highest BCUT2D eigenvalue weighted by Gasteiger charge is 2.45. The van der Waals surface area contributed by atoms with Crippen LogP contribution in [0.15, 0.2) is 95.2 Å². The Kier molecular flexibility index (Phi) is 10.7. The average molecular weight is 679 g/mol. The van der Waals surface area contributed by atoms with Crippen molar-refractivity contribution in [2.45, 2.75) is 50.5 Å². The number of amides is 2. The lowest BCUT2D eigenvalue weighted by Crippen LogP contribution is -2.66. The number of amidine groups is 2. The minimum atomic E-state index is -1.28. The van der Waals surface area contributed by atoms with E-state index in [2.05, 4.69) is 10.3 Å². The number of urea groups is 1. The van der Waals surface area contributed by atoms with E-state index < -0.39 is 47.5 Å². The average Bonchev–Trinajstić information content (AvgIpc) is 3.10. The van der Waals surface area contributed by atoms with Crippen molar-refractivity contribution in [3.8, 4) is 0 Å². The van der Waals surface area contributed by atoms with E-state index >= 15 is 0 Å². The fourth-order valence-electron chi connectivity index (χ4n) is 6.09. The van der Waals surface area contributed by atoms with Gasteiger partial charge in [-0.25, -0.2) is 22.4 Å². The van der Waals surface area contributed by atoms with E-state index in [-0.39, 0.29) is 44.0 Å². The Morgan fingerprint density at radius 1 is 0.653 bits per heavy atom. The molecule has 3 atom stereocenters. The monoisotopic (exact) mass is 678 g/mol. The zero-order valence-electron chi connectivity index (χ0n) is 26.1. The zero-order chi connectivity index (χ0) is 35.2. The molecule has 0 radical (unpaired) electrons. The van der Waals surface area contributed by atoms with Gasteiger partial charge < -0.3 is 36.8 Å². The molecule has 5 rings (SSSR count). The lowest BCUT2D eigenvalue weighted by atomic mass is 9.87. The van der Waals surface area contributed by atoms with Crippen LogP contribution < -0.4 is 11.5 Å². The summed E-state index contributed by atoms with van der Waals surface area (Å²) in [6.45, 7) is -0.100. The summed E-state index contributed by atoms with van der Waals surface area (Å²) >= 11 is 0. The van der Waals surface area contributed by atoms with Gasteiger partial charge in [-0.05, 0) is 77.9 Å². The van der Waals surface area contributed by atoms with Gasteiger partial charge in [0, 0.05) is 24.2 Å². The van der Waals surface area contributed by atoms with Gasteiger partial charge in [0.15, 0.2) is 34.9 Å². The fourth-order valence-corrected chi connectivity index (χ4v) is 6.09. The summed E-state index contributed by atoms with van der Waals surface area (Å²) in [5.41, 5.74) is 14.3. The summed E-state index contributed by atoms with van der Waals surface area (Å²) in [6, 6.07) is 17.7. The number of hydrogen-bond donors (Lipinski definition) is 5. The lowest BCUT2D eigenvalue weighted by Gasteiger charge is -2.49. The predicted octanol–water partition coefficient (Wildman–Crippen LogP) is 4.84. The lowest BCUT2D eigenvalue weighted by molar-refractivity contribution is -0.0453.